The average Bonchev–Trinajstić information content (AvgIpc) is 2.63. The van der Waals surface area contributed by atoms with Crippen LogP contribution in [0.15, 0.2) is 30.6 Å². The van der Waals surface area contributed by atoms with E-state index < -0.39 is 44.4 Å². The molecule has 1 aromatic carbocycles. The molecule has 29 heavy (non-hydrogen) atoms. The standard InChI is InChI=1S/C18H20ClF3N2O4S/c1-3-14(15-16(17(25)28-4-2)24-9-8-23-15)29(26,27)10-11-12(18(20,21)22)6-5-7-13(11)19/h5-9,14,17,25H,3-4,10H2,1-2H3. The first-order chi connectivity index (χ1) is 13.5. The fourth-order valence-corrected chi connectivity index (χ4v) is 5.19. The van der Waals surface area contributed by atoms with Crippen molar-refractivity contribution in [3.05, 3.63) is 58.1 Å². The number of ether oxygens (including phenoxy) is 1. The Morgan fingerprint density at radius 3 is 2.34 bits per heavy atom. The molecule has 1 aromatic heterocycles. The SMILES string of the molecule is CCOC(O)c1nccnc1C(CC)S(=O)(=O)Cc1c(Cl)cccc1C(F)(F)F. The van der Waals surface area contributed by atoms with Gasteiger partial charge in [-0.15, -0.1) is 0 Å². The van der Waals surface area contributed by atoms with Crippen LogP contribution in [0, 0.1) is 0 Å². The van der Waals surface area contributed by atoms with Gasteiger partial charge in [0.2, 0.25) is 0 Å². The Morgan fingerprint density at radius 1 is 1.17 bits per heavy atom. The monoisotopic (exact) mass is 452 g/mol. The summed E-state index contributed by atoms with van der Waals surface area (Å²) in [5, 5.41) is 8.50. The Kier molecular flexibility index (Phi) is 7.61. The number of nitrogens with zero attached hydrogens (tertiary/aromatic N) is 2. The van der Waals surface area contributed by atoms with Gasteiger partial charge < -0.3 is 9.84 Å². The van der Waals surface area contributed by atoms with E-state index in [1.165, 1.54) is 18.5 Å². The van der Waals surface area contributed by atoms with Crippen LogP contribution in [0.1, 0.15) is 54.3 Å². The highest BCUT2D eigenvalue weighted by Gasteiger charge is 2.38. The third kappa shape index (κ3) is 5.44. The predicted molar refractivity (Wildman–Crippen MR) is 101 cm³/mol. The van der Waals surface area contributed by atoms with Crippen molar-refractivity contribution in [3.8, 4) is 0 Å². The number of halogens is 4. The maximum Gasteiger partial charge on any atom is 0.416 e. The minimum atomic E-state index is -4.76. The summed E-state index contributed by atoms with van der Waals surface area (Å²) < 4.78 is 71.2. The second-order valence-electron chi connectivity index (χ2n) is 6.10. The number of aromatic nitrogens is 2. The van der Waals surface area contributed by atoms with Crippen LogP contribution in [0.25, 0.3) is 0 Å². The molecule has 2 rings (SSSR count). The molecule has 160 valence electrons. The van der Waals surface area contributed by atoms with E-state index in [9.17, 15) is 26.7 Å². The first-order valence-corrected chi connectivity index (χ1v) is 10.8. The van der Waals surface area contributed by atoms with Gasteiger partial charge in [0.25, 0.3) is 0 Å². The topological polar surface area (TPSA) is 89.4 Å². The third-order valence-corrected chi connectivity index (χ3v) is 6.66. The van der Waals surface area contributed by atoms with Gasteiger partial charge >= 0.3 is 6.18 Å². The zero-order valence-corrected chi connectivity index (χ0v) is 17.2. The summed E-state index contributed by atoms with van der Waals surface area (Å²) in [5.41, 5.74) is -1.82. The number of benzene rings is 1. The van der Waals surface area contributed by atoms with E-state index in [2.05, 4.69) is 9.97 Å². The number of alkyl halides is 3. The summed E-state index contributed by atoms with van der Waals surface area (Å²) in [4.78, 5) is 7.97. The maximum atomic E-state index is 13.3. The molecular weight excluding hydrogens is 433 g/mol. The van der Waals surface area contributed by atoms with Gasteiger partial charge in [-0.2, -0.15) is 13.2 Å². The molecule has 2 atom stereocenters. The van der Waals surface area contributed by atoms with Crippen molar-refractivity contribution in [2.75, 3.05) is 6.61 Å². The molecule has 0 aliphatic carbocycles. The Morgan fingerprint density at radius 2 is 1.79 bits per heavy atom. The predicted octanol–water partition coefficient (Wildman–Crippen LogP) is 4.24. The first kappa shape index (κ1) is 23.5. The first-order valence-electron chi connectivity index (χ1n) is 8.69. The number of hydrogen-bond donors (Lipinski definition) is 1. The lowest BCUT2D eigenvalue weighted by Gasteiger charge is -2.21. The highest BCUT2D eigenvalue weighted by atomic mass is 35.5. The maximum absolute atomic E-state index is 13.3. The molecule has 1 heterocycles. The van der Waals surface area contributed by atoms with Crippen LogP contribution in [0.3, 0.4) is 0 Å². The number of rotatable bonds is 8. The molecule has 0 saturated carbocycles. The fourth-order valence-electron chi connectivity index (χ4n) is 2.92. The summed E-state index contributed by atoms with van der Waals surface area (Å²) in [6, 6.07) is 3.09. The van der Waals surface area contributed by atoms with Crippen molar-refractivity contribution in [1.82, 2.24) is 9.97 Å². The van der Waals surface area contributed by atoms with Crippen LogP contribution >= 0.6 is 11.6 Å². The molecule has 6 nitrogen and oxygen atoms in total. The van der Waals surface area contributed by atoms with Crippen LogP contribution in [-0.2, 0) is 26.5 Å². The summed E-state index contributed by atoms with van der Waals surface area (Å²) >= 11 is 5.91. The highest BCUT2D eigenvalue weighted by molar-refractivity contribution is 7.90. The fraction of sp³-hybridized carbons (Fsp3) is 0.444. The van der Waals surface area contributed by atoms with Crippen LogP contribution in [-0.4, -0.2) is 30.1 Å². The van der Waals surface area contributed by atoms with Gasteiger partial charge in [0, 0.05) is 24.0 Å². The molecule has 2 aromatic rings. The van der Waals surface area contributed by atoms with Crippen molar-refractivity contribution >= 4 is 21.4 Å². The largest absolute Gasteiger partial charge is 0.416 e. The lowest BCUT2D eigenvalue weighted by Crippen LogP contribution is -2.22. The van der Waals surface area contributed by atoms with E-state index in [1.807, 2.05) is 0 Å². The van der Waals surface area contributed by atoms with Crippen molar-refractivity contribution in [2.45, 2.75) is 43.7 Å². The van der Waals surface area contributed by atoms with Gasteiger partial charge in [0.1, 0.15) is 10.9 Å². The summed E-state index contributed by atoms with van der Waals surface area (Å²) in [5.74, 6) is -0.944. The Labute approximate surface area is 171 Å². The molecule has 0 saturated heterocycles. The smallest absolute Gasteiger partial charge is 0.363 e. The van der Waals surface area contributed by atoms with Gasteiger partial charge in [0.15, 0.2) is 16.1 Å². The third-order valence-electron chi connectivity index (χ3n) is 4.19. The van der Waals surface area contributed by atoms with E-state index in [-0.39, 0.29) is 29.4 Å². The van der Waals surface area contributed by atoms with E-state index in [4.69, 9.17) is 16.3 Å². The van der Waals surface area contributed by atoms with Crippen LogP contribution in [0.5, 0.6) is 0 Å². The van der Waals surface area contributed by atoms with Crippen molar-refractivity contribution < 1.29 is 31.4 Å². The van der Waals surface area contributed by atoms with E-state index in [0.717, 1.165) is 12.1 Å². The summed E-state index contributed by atoms with van der Waals surface area (Å²) in [6.07, 6.45) is -3.78. The van der Waals surface area contributed by atoms with Gasteiger partial charge in [0.05, 0.1) is 17.0 Å². The zero-order chi connectivity index (χ0) is 21.8. The molecule has 0 aliphatic heterocycles. The lowest BCUT2D eigenvalue weighted by molar-refractivity contribution is -0.138. The molecule has 0 bridgehead atoms. The molecule has 11 heteroatoms. The van der Waals surface area contributed by atoms with Crippen LogP contribution in [0.2, 0.25) is 5.02 Å². The van der Waals surface area contributed by atoms with E-state index in [0.29, 0.717) is 0 Å². The Bertz CT molecular complexity index is 954. The summed E-state index contributed by atoms with van der Waals surface area (Å²) in [7, 11) is -4.21. The second kappa shape index (κ2) is 9.38. The molecule has 0 radical (unpaired) electrons. The normalized spacial score (nSPS) is 14.6. The molecule has 2 unspecified atom stereocenters. The molecule has 0 amide bonds. The van der Waals surface area contributed by atoms with Gasteiger partial charge in [-0.25, -0.2) is 8.42 Å². The van der Waals surface area contributed by atoms with E-state index in [1.54, 1.807) is 13.8 Å². The minimum absolute atomic E-state index is 0.00131. The second-order valence-corrected chi connectivity index (χ2v) is 8.69. The Hall–Kier alpha value is -1.75. The quantitative estimate of drug-likeness (QED) is 0.602. The molecule has 0 spiro atoms. The minimum Gasteiger partial charge on any atom is -0.363 e. The van der Waals surface area contributed by atoms with Crippen LogP contribution < -0.4 is 0 Å². The molecule has 0 aliphatic rings. The van der Waals surface area contributed by atoms with Crippen molar-refractivity contribution in [3.63, 3.8) is 0 Å². The van der Waals surface area contributed by atoms with Gasteiger partial charge in [-0.3, -0.25) is 9.97 Å². The van der Waals surface area contributed by atoms with Crippen molar-refractivity contribution in [2.24, 2.45) is 0 Å². The van der Waals surface area contributed by atoms with Crippen molar-refractivity contribution in [1.29, 1.82) is 0 Å². The summed E-state index contributed by atoms with van der Waals surface area (Å²) in [6.45, 7) is 3.31. The Balaban J connectivity index is 2.52. The average molecular weight is 453 g/mol. The lowest BCUT2D eigenvalue weighted by atomic mass is 10.1. The number of aliphatic hydroxyl groups excluding tert-OH is 1. The zero-order valence-electron chi connectivity index (χ0n) is 15.6. The van der Waals surface area contributed by atoms with Gasteiger partial charge in [-0.05, 0) is 31.0 Å². The molecular formula is C18H20ClF3N2O4S. The van der Waals surface area contributed by atoms with Crippen LogP contribution in [0.4, 0.5) is 13.2 Å². The number of sulfone groups is 1. The van der Waals surface area contributed by atoms with E-state index >= 15 is 0 Å². The molecule has 1 N–H and O–H groups in total. The highest BCUT2D eigenvalue weighted by Crippen LogP contribution is 2.38. The number of hydrogen-bond acceptors (Lipinski definition) is 6. The van der Waals surface area contributed by atoms with Gasteiger partial charge in [-0.1, -0.05) is 24.6 Å². The molecule has 0 fully saturated rings. The number of aliphatic hydroxyl groups is 1.